The first-order chi connectivity index (χ1) is 9.70. The third kappa shape index (κ3) is 3.70. The zero-order valence-electron chi connectivity index (χ0n) is 10.4. The van der Waals surface area contributed by atoms with Gasteiger partial charge >= 0.3 is 0 Å². The molecule has 0 atom stereocenters. The summed E-state index contributed by atoms with van der Waals surface area (Å²) in [6.45, 7) is 0. The molecule has 0 saturated heterocycles. The lowest BCUT2D eigenvalue weighted by Gasteiger charge is -2.09. The van der Waals surface area contributed by atoms with Crippen LogP contribution in [0.1, 0.15) is 0 Å². The summed E-state index contributed by atoms with van der Waals surface area (Å²) in [5, 5.41) is 4.79. The van der Waals surface area contributed by atoms with Crippen LogP contribution in [0.4, 0.5) is 5.69 Å². The number of aromatic nitrogens is 1. The summed E-state index contributed by atoms with van der Waals surface area (Å²) in [4.78, 5) is 3.40. The van der Waals surface area contributed by atoms with Crippen LogP contribution in [0.25, 0.3) is 0 Å². The summed E-state index contributed by atoms with van der Waals surface area (Å²) in [6, 6.07) is 6.38. The van der Waals surface area contributed by atoms with Crippen molar-refractivity contribution in [3.8, 4) is 0 Å². The number of sulfonamides is 2. The van der Waals surface area contributed by atoms with Gasteiger partial charge in [-0.05, 0) is 30.3 Å². The molecule has 1 aromatic heterocycles. The number of hydrogen-bond donors (Lipinski definition) is 2. The fraction of sp³-hybridized carbons (Fsp3) is 0. The normalized spacial score (nSPS) is 12.1. The van der Waals surface area contributed by atoms with Gasteiger partial charge in [0.25, 0.3) is 10.0 Å². The molecule has 0 aliphatic heterocycles. The Labute approximate surface area is 126 Å². The smallest absolute Gasteiger partial charge is 0.263 e. The van der Waals surface area contributed by atoms with E-state index in [4.69, 9.17) is 16.7 Å². The molecule has 3 N–H and O–H groups in total. The first kappa shape index (κ1) is 15.7. The SMILES string of the molecule is NS(=O)(=O)c1ccc(NS(=O)(=O)c2cccnc2)cc1Cl. The number of nitrogens with zero attached hydrogens (tertiary/aromatic N) is 1. The highest BCUT2D eigenvalue weighted by Gasteiger charge is 2.17. The van der Waals surface area contributed by atoms with E-state index in [-0.39, 0.29) is 20.5 Å². The van der Waals surface area contributed by atoms with Crippen molar-refractivity contribution in [3.63, 3.8) is 0 Å². The van der Waals surface area contributed by atoms with Gasteiger partial charge in [0.05, 0.1) is 10.7 Å². The van der Waals surface area contributed by atoms with Gasteiger partial charge in [-0.15, -0.1) is 0 Å². The van der Waals surface area contributed by atoms with Crippen LogP contribution in [-0.4, -0.2) is 21.8 Å². The standard InChI is InChI=1S/C11H10ClN3O4S2/c12-10-6-8(3-4-11(10)20(13,16)17)15-21(18,19)9-2-1-5-14-7-9/h1-7,15H,(H2,13,16,17). The molecule has 0 amide bonds. The van der Waals surface area contributed by atoms with Gasteiger partial charge in [-0.2, -0.15) is 0 Å². The zero-order valence-corrected chi connectivity index (χ0v) is 12.8. The van der Waals surface area contributed by atoms with Gasteiger partial charge in [0.15, 0.2) is 0 Å². The Bertz CT molecular complexity index is 868. The highest BCUT2D eigenvalue weighted by atomic mass is 35.5. The van der Waals surface area contributed by atoms with E-state index >= 15 is 0 Å². The van der Waals surface area contributed by atoms with E-state index in [1.807, 2.05) is 0 Å². The highest BCUT2D eigenvalue weighted by Crippen LogP contribution is 2.25. The van der Waals surface area contributed by atoms with Crippen LogP contribution in [0.15, 0.2) is 52.5 Å². The van der Waals surface area contributed by atoms with Crippen LogP contribution < -0.4 is 9.86 Å². The van der Waals surface area contributed by atoms with Crippen LogP contribution >= 0.6 is 11.6 Å². The molecule has 10 heteroatoms. The van der Waals surface area contributed by atoms with Crippen molar-refractivity contribution in [3.05, 3.63) is 47.7 Å². The summed E-state index contributed by atoms with van der Waals surface area (Å²) in [5.41, 5.74) is 0.108. The van der Waals surface area contributed by atoms with Crippen LogP contribution in [0.5, 0.6) is 0 Å². The van der Waals surface area contributed by atoms with Gasteiger partial charge in [0.2, 0.25) is 10.0 Å². The average Bonchev–Trinajstić information content (AvgIpc) is 2.37. The van der Waals surface area contributed by atoms with E-state index in [1.165, 1.54) is 30.6 Å². The predicted molar refractivity (Wildman–Crippen MR) is 77.9 cm³/mol. The van der Waals surface area contributed by atoms with E-state index in [0.717, 1.165) is 12.1 Å². The molecule has 0 spiro atoms. The molecule has 0 saturated carbocycles. The lowest BCUT2D eigenvalue weighted by Crippen LogP contribution is -2.15. The molecular weight excluding hydrogens is 338 g/mol. The predicted octanol–water partition coefficient (Wildman–Crippen LogP) is 1.18. The largest absolute Gasteiger partial charge is 0.280 e. The molecule has 1 aromatic carbocycles. The number of nitrogens with two attached hydrogens (primary N) is 1. The van der Waals surface area contributed by atoms with Gasteiger partial charge < -0.3 is 0 Å². The molecule has 1 heterocycles. The number of halogens is 1. The molecule has 0 unspecified atom stereocenters. The van der Waals surface area contributed by atoms with Gasteiger partial charge in [-0.3, -0.25) is 9.71 Å². The van der Waals surface area contributed by atoms with E-state index < -0.39 is 20.0 Å². The molecule has 7 nitrogen and oxygen atoms in total. The summed E-state index contributed by atoms with van der Waals surface area (Å²) < 4.78 is 48.8. The second-order valence-corrected chi connectivity index (χ2v) is 7.60. The van der Waals surface area contributed by atoms with E-state index in [1.54, 1.807) is 0 Å². The second kappa shape index (κ2) is 5.60. The number of primary sulfonamides is 1. The molecule has 0 fully saturated rings. The Morgan fingerprint density at radius 3 is 2.38 bits per heavy atom. The maximum atomic E-state index is 12.1. The van der Waals surface area contributed by atoms with Crippen LogP contribution in [0.3, 0.4) is 0 Å². The van der Waals surface area contributed by atoms with Gasteiger partial charge in [0.1, 0.15) is 9.79 Å². The topological polar surface area (TPSA) is 119 Å². The minimum absolute atomic E-state index is 0.0309. The van der Waals surface area contributed by atoms with Gasteiger partial charge in [-0.25, -0.2) is 22.0 Å². The maximum absolute atomic E-state index is 12.1. The Morgan fingerprint density at radius 2 is 1.86 bits per heavy atom. The number of anilines is 1. The fourth-order valence-corrected chi connectivity index (χ4v) is 3.62. The van der Waals surface area contributed by atoms with Crippen molar-refractivity contribution in [2.75, 3.05) is 4.72 Å². The van der Waals surface area contributed by atoms with Crippen LogP contribution in [0, 0.1) is 0 Å². The Kier molecular flexibility index (Phi) is 4.19. The third-order valence-electron chi connectivity index (χ3n) is 2.44. The average molecular weight is 348 g/mol. The van der Waals surface area contributed by atoms with E-state index in [9.17, 15) is 16.8 Å². The van der Waals surface area contributed by atoms with Crippen molar-refractivity contribution in [1.29, 1.82) is 0 Å². The molecule has 0 aliphatic carbocycles. The number of pyridine rings is 1. The van der Waals surface area contributed by atoms with Gasteiger partial charge in [-0.1, -0.05) is 11.6 Å². The van der Waals surface area contributed by atoms with Gasteiger partial charge in [0, 0.05) is 12.4 Å². The Hall–Kier alpha value is -1.68. The lowest BCUT2D eigenvalue weighted by molar-refractivity contribution is 0.597. The minimum atomic E-state index is -3.97. The molecule has 2 rings (SSSR count). The first-order valence-electron chi connectivity index (χ1n) is 5.45. The third-order valence-corrected chi connectivity index (χ3v) is 5.20. The Morgan fingerprint density at radius 1 is 1.14 bits per heavy atom. The second-order valence-electron chi connectivity index (χ2n) is 3.98. The zero-order chi connectivity index (χ0) is 15.7. The van der Waals surface area contributed by atoms with Crippen molar-refractivity contribution < 1.29 is 16.8 Å². The molecule has 0 radical (unpaired) electrons. The van der Waals surface area contributed by atoms with E-state index in [0.29, 0.717) is 0 Å². The molecule has 112 valence electrons. The van der Waals surface area contributed by atoms with Crippen molar-refractivity contribution in [2.24, 2.45) is 5.14 Å². The number of nitrogens with one attached hydrogen (secondary N) is 1. The maximum Gasteiger partial charge on any atom is 0.263 e. The molecule has 0 aliphatic rings. The van der Waals surface area contributed by atoms with Crippen molar-refractivity contribution in [1.82, 2.24) is 4.98 Å². The fourth-order valence-electron chi connectivity index (χ4n) is 1.52. The summed E-state index contributed by atoms with van der Waals surface area (Å²) in [6.07, 6.45) is 2.62. The quantitative estimate of drug-likeness (QED) is 0.860. The number of rotatable bonds is 4. The van der Waals surface area contributed by atoms with Crippen molar-refractivity contribution in [2.45, 2.75) is 9.79 Å². The lowest BCUT2D eigenvalue weighted by atomic mass is 10.3. The molecule has 2 aromatic rings. The molecular formula is C11H10ClN3O4S2. The van der Waals surface area contributed by atoms with Crippen molar-refractivity contribution >= 4 is 37.3 Å². The first-order valence-corrected chi connectivity index (χ1v) is 8.86. The molecule has 21 heavy (non-hydrogen) atoms. The van der Waals surface area contributed by atoms with E-state index in [2.05, 4.69) is 9.71 Å². The summed E-state index contributed by atoms with van der Waals surface area (Å²) in [5.74, 6) is 0. The Balaban J connectivity index is 2.36. The monoisotopic (exact) mass is 347 g/mol. The number of hydrogen-bond acceptors (Lipinski definition) is 5. The minimum Gasteiger partial charge on any atom is -0.280 e. The summed E-state index contributed by atoms with van der Waals surface area (Å²) in [7, 11) is -7.80. The van der Waals surface area contributed by atoms with Crippen LogP contribution in [-0.2, 0) is 20.0 Å². The molecule has 0 bridgehead atoms. The highest BCUT2D eigenvalue weighted by molar-refractivity contribution is 7.92. The number of benzene rings is 1. The van der Waals surface area contributed by atoms with Crippen LogP contribution in [0.2, 0.25) is 5.02 Å². The summed E-state index contributed by atoms with van der Waals surface area (Å²) >= 11 is 5.78.